The Hall–Kier alpha value is -4.30. The summed E-state index contributed by atoms with van der Waals surface area (Å²) in [5.41, 5.74) is 3.26. The molecule has 36 heavy (non-hydrogen) atoms. The summed E-state index contributed by atoms with van der Waals surface area (Å²) in [6, 6.07) is 24.2. The maximum absolute atomic E-state index is 13.1. The average molecular weight is 501 g/mol. The molecule has 0 unspecified atom stereocenters. The minimum absolute atomic E-state index is 0.0569. The van der Waals surface area contributed by atoms with E-state index in [4.69, 9.17) is 0 Å². The fraction of sp³-hybridized carbons (Fsp3) is 0.0714. The number of hydrogen-bond acceptors (Lipinski definition) is 4. The highest BCUT2D eigenvalue weighted by Gasteiger charge is 2.31. The van der Waals surface area contributed by atoms with Gasteiger partial charge in [0.05, 0.1) is 21.0 Å². The lowest BCUT2D eigenvalue weighted by Crippen LogP contribution is -2.26. The normalized spacial score (nSPS) is 13.6. The van der Waals surface area contributed by atoms with E-state index >= 15 is 0 Å². The Labute approximate surface area is 207 Å². The minimum Gasteiger partial charge on any atom is -0.352 e. The summed E-state index contributed by atoms with van der Waals surface area (Å²) in [6.45, 7) is 0.363. The van der Waals surface area contributed by atoms with Gasteiger partial charge in [-0.3, -0.25) is 9.59 Å². The highest BCUT2D eigenvalue weighted by molar-refractivity contribution is 7.91. The molecule has 2 N–H and O–H groups in total. The lowest BCUT2D eigenvalue weighted by molar-refractivity contribution is 0.0952. The summed E-state index contributed by atoms with van der Waals surface area (Å²) in [4.78, 5) is 25.2. The number of sulfone groups is 1. The molecule has 5 rings (SSSR count). The first kappa shape index (κ1) is 23.4. The quantitative estimate of drug-likeness (QED) is 0.409. The molecule has 0 atom stereocenters. The van der Waals surface area contributed by atoms with Crippen LogP contribution in [0.25, 0.3) is 11.1 Å². The van der Waals surface area contributed by atoms with E-state index in [9.17, 15) is 22.4 Å². The summed E-state index contributed by atoms with van der Waals surface area (Å²) in [5, 5.41) is 5.44. The fourth-order valence-corrected chi connectivity index (χ4v) is 5.72. The molecule has 8 heteroatoms. The van der Waals surface area contributed by atoms with Gasteiger partial charge in [-0.2, -0.15) is 0 Å². The maximum Gasteiger partial charge on any atom is 0.257 e. The van der Waals surface area contributed by atoms with Crippen LogP contribution in [0.1, 0.15) is 26.3 Å². The maximum atomic E-state index is 13.1. The van der Waals surface area contributed by atoms with Gasteiger partial charge in [-0.15, -0.1) is 0 Å². The largest absolute Gasteiger partial charge is 0.352 e. The van der Waals surface area contributed by atoms with Crippen molar-refractivity contribution in [2.75, 3.05) is 11.9 Å². The Balaban J connectivity index is 1.26. The lowest BCUT2D eigenvalue weighted by atomic mass is 10.0. The zero-order chi connectivity index (χ0) is 25.3. The third kappa shape index (κ3) is 4.50. The molecular formula is C28H21FN2O4S. The number of rotatable bonds is 5. The molecule has 4 aromatic rings. The van der Waals surface area contributed by atoms with Crippen LogP contribution >= 0.6 is 0 Å². The second-order valence-electron chi connectivity index (χ2n) is 8.37. The van der Waals surface area contributed by atoms with Crippen LogP contribution in [0.4, 0.5) is 10.1 Å². The predicted octanol–water partition coefficient (Wildman–Crippen LogP) is 4.86. The van der Waals surface area contributed by atoms with E-state index in [-0.39, 0.29) is 38.3 Å². The molecule has 1 aliphatic rings. The highest BCUT2D eigenvalue weighted by atomic mass is 32.2. The molecule has 4 aromatic carbocycles. The molecule has 0 aliphatic carbocycles. The predicted molar refractivity (Wildman–Crippen MR) is 134 cm³/mol. The molecule has 0 spiro atoms. The van der Waals surface area contributed by atoms with Gasteiger partial charge >= 0.3 is 0 Å². The molecule has 0 radical (unpaired) electrons. The van der Waals surface area contributed by atoms with Crippen molar-refractivity contribution in [3.63, 3.8) is 0 Å². The second kappa shape index (κ2) is 9.39. The molecule has 0 bridgehead atoms. The van der Waals surface area contributed by atoms with Crippen LogP contribution < -0.4 is 10.6 Å². The first-order chi connectivity index (χ1) is 17.3. The van der Waals surface area contributed by atoms with E-state index in [1.54, 1.807) is 24.3 Å². The van der Waals surface area contributed by atoms with Crippen molar-refractivity contribution >= 4 is 27.3 Å². The standard InChI is InChI=1S/C28H21FN2O4S/c29-22-12-9-20(10-13-22)19-7-5-18(6-8-19)15-16-30-27(32)21-11-14-26-24(17-21)31-28(33)23-3-1-2-4-25(23)36(26,34)35/h1-14,17H,15-16H2,(H,30,32)(H,31,33). The Morgan fingerprint density at radius 2 is 1.50 bits per heavy atom. The zero-order valence-electron chi connectivity index (χ0n) is 19.0. The Morgan fingerprint density at radius 1 is 0.833 bits per heavy atom. The Kier molecular flexibility index (Phi) is 6.12. The Morgan fingerprint density at radius 3 is 2.22 bits per heavy atom. The number of carbonyl (C=O) groups is 2. The second-order valence-corrected chi connectivity index (χ2v) is 10.3. The molecule has 180 valence electrons. The third-order valence-corrected chi connectivity index (χ3v) is 7.90. The van der Waals surface area contributed by atoms with E-state index in [0.29, 0.717) is 13.0 Å². The van der Waals surface area contributed by atoms with Crippen LogP contribution in [-0.4, -0.2) is 26.8 Å². The van der Waals surface area contributed by atoms with Gasteiger partial charge < -0.3 is 10.6 Å². The van der Waals surface area contributed by atoms with Gasteiger partial charge in [-0.25, -0.2) is 12.8 Å². The fourth-order valence-electron chi connectivity index (χ4n) is 4.13. The minimum atomic E-state index is -3.93. The van der Waals surface area contributed by atoms with Crippen molar-refractivity contribution in [1.29, 1.82) is 0 Å². The smallest absolute Gasteiger partial charge is 0.257 e. The SMILES string of the molecule is O=C(NCCc1ccc(-c2ccc(F)cc2)cc1)c1ccc2c(c1)NC(=O)c1ccccc1S2(=O)=O. The van der Waals surface area contributed by atoms with Crippen LogP contribution in [0.5, 0.6) is 0 Å². The summed E-state index contributed by atoms with van der Waals surface area (Å²) in [6.07, 6.45) is 0.584. The van der Waals surface area contributed by atoms with Crippen molar-refractivity contribution in [2.45, 2.75) is 16.2 Å². The number of hydrogen-bond donors (Lipinski definition) is 2. The molecule has 0 saturated carbocycles. The topological polar surface area (TPSA) is 92.3 Å². The zero-order valence-corrected chi connectivity index (χ0v) is 19.8. The molecule has 2 amide bonds. The van der Waals surface area contributed by atoms with Crippen molar-refractivity contribution in [1.82, 2.24) is 5.32 Å². The molecule has 0 saturated heterocycles. The number of benzene rings is 4. The van der Waals surface area contributed by atoms with Crippen LogP contribution in [0.15, 0.2) is 101 Å². The number of anilines is 1. The van der Waals surface area contributed by atoms with Gasteiger partial charge in [-0.1, -0.05) is 48.5 Å². The molecule has 0 fully saturated rings. The summed E-state index contributed by atoms with van der Waals surface area (Å²) < 4.78 is 39.3. The number of amides is 2. The van der Waals surface area contributed by atoms with Crippen LogP contribution in [0, 0.1) is 5.82 Å². The number of nitrogens with one attached hydrogen (secondary N) is 2. The first-order valence-electron chi connectivity index (χ1n) is 11.3. The monoisotopic (exact) mass is 500 g/mol. The van der Waals surface area contributed by atoms with E-state index < -0.39 is 15.7 Å². The average Bonchev–Trinajstić information content (AvgIpc) is 2.97. The van der Waals surface area contributed by atoms with Gasteiger partial charge in [0.1, 0.15) is 5.82 Å². The molecule has 0 aromatic heterocycles. The van der Waals surface area contributed by atoms with E-state index in [1.807, 2.05) is 24.3 Å². The third-order valence-electron chi connectivity index (χ3n) is 6.03. The van der Waals surface area contributed by atoms with Gasteiger partial charge in [-0.05, 0) is 65.6 Å². The van der Waals surface area contributed by atoms with Crippen molar-refractivity contribution in [2.24, 2.45) is 0 Å². The number of carbonyl (C=O) groups excluding carboxylic acids is 2. The van der Waals surface area contributed by atoms with Gasteiger partial charge in [0, 0.05) is 12.1 Å². The van der Waals surface area contributed by atoms with Gasteiger partial charge in [0.25, 0.3) is 11.8 Å². The van der Waals surface area contributed by atoms with Gasteiger partial charge in [0.2, 0.25) is 9.84 Å². The Bertz CT molecular complexity index is 1580. The molecule has 6 nitrogen and oxygen atoms in total. The molecule has 1 aliphatic heterocycles. The van der Waals surface area contributed by atoms with Crippen LogP contribution in [0.2, 0.25) is 0 Å². The van der Waals surface area contributed by atoms with Gasteiger partial charge in [0.15, 0.2) is 0 Å². The summed E-state index contributed by atoms with van der Waals surface area (Å²) >= 11 is 0. The van der Waals surface area contributed by atoms with Crippen molar-refractivity contribution in [3.05, 3.63) is 114 Å². The first-order valence-corrected chi connectivity index (χ1v) is 12.7. The number of halogens is 1. The summed E-state index contributed by atoms with van der Waals surface area (Å²) in [7, 11) is -3.93. The number of fused-ring (bicyclic) bond motifs is 2. The summed E-state index contributed by atoms with van der Waals surface area (Å²) in [5.74, 6) is -1.21. The van der Waals surface area contributed by atoms with E-state index in [1.165, 1.54) is 42.5 Å². The lowest BCUT2D eigenvalue weighted by Gasteiger charge is -2.10. The van der Waals surface area contributed by atoms with Crippen LogP contribution in [0.3, 0.4) is 0 Å². The van der Waals surface area contributed by atoms with Crippen molar-refractivity contribution < 1.29 is 22.4 Å². The molecular weight excluding hydrogens is 479 g/mol. The van der Waals surface area contributed by atoms with E-state index in [2.05, 4.69) is 10.6 Å². The van der Waals surface area contributed by atoms with E-state index in [0.717, 1.165) is 16.7 Å². The highest BCUT2D eigenvalue weighted by Crippen LogP contribution is 2.34. The van der Waals surface area contributed by atoms with Crippen LogP contribution in [-0.2, 0) is 16.3 Å². The molecule has 1 heterocycles. The van der Waals surface area contributed by atoms with Crippen molar-refractivity contribution in [3.8, 4) is 11.1 Å².